The number of carbonyl (C=O) groups excluding carboxylic acids is 1. The van der Waals surface area contributed by atoms with Crippen LogP contribution in [0, 0.1) is 0 Å². The van der Waals surface area contributed by atoms with Crippen LogP contribution in [-0.4, -0.2) is 25.3 Å². The Morgan fingerprint density at radius 2 is 1.88 bits per heavy atom. The number of nitrogens with zero attached hydrogens (tertiary/aromatic N) is 1. The Morgan fingerprint density at radius 1 is 1.12 bits per heavy atom. The molecule has 1 amide bonds. The highest BCUT2D eigenvalue weighted by molar-refractivity contribution is 5.89. The second-order valence-electron chi connectivity index (χ2n) is 7.04. The second kappa shape index (κ2) is 6.56. The van der Waals surface area contributed by atoms with Crippen LogP contribution >= 0.6 is 0 Å². The van der Waals surface area contributed by atoms with Gasteiger partial charge in [-0.2, -0.15) is 0 Å². The van der Waals surface area contributed by atoms with Gasteiger partial charge in [0.25, 0.3) is 0 Å². The highest BCUT2D eigenvalue weighted by atomic mass is 16.6. The van der Waals surface area contributed by atoms with Crippen molar-refractivity contribution < 1.29 is 14.3 Å². The number of hydrogen-bond donors (Lipinski definition) is 0. The average Bonchev–Trinajstić information content (AvgIpc) is 2.94. The molecule has 0 spiro atoms. The molecular formula is C20H23NO3. The molecule has 1 atom stereocenters. The molecule has 24 heavy (non-hydrogen) atoms. The summed E-state index contributed by atoms with van der Waals surface area (Å²) in [5.74, 6) is 0.802. The highest BCUT2D eigenvalue weighted by Crippen LogP contribution is 2.26. The molecule has 0 aromatic heterocycles. The fourth-order valence-electron chi connectivity index (χ4n) is 2.67. The first-order valence-corrected chi connectivity index (χ1v) is 8.20. The predicted molar refractivity (Wildman–Crippen MR) is 94.7 cm³/mol. The molecule has 1 unspecified atom stereocenters. The number of ether oxygens (including phenoxy) is 2. The van der Waals surface area contributed by atoms with Crippen LogP contribution in [0.3, 0.4) is 0 Å². The molecule has 0 saturated carbocycles. The largest absolute Gasteiger partial charge is 0.490 e. The minimum atomic E-state index is -0.321. The molecule has 1 saturated heterocycles. The van der Waals surface area contributed by atoms with Crippen molar-refractivity contribution >= 4 is 11.8 Å². The van der Waals surface area contributed by atoms with Crippen molar-refractivity contribution in [3.8, 4) is 5.75 Å². The molecular weight excluding hydrogens is 302 g/mol. The second-order valence-corrected chi connectivity index (χ2v) is 7.04. The molecule has 1 heterocycles. The Morgan fingerprint density at radius 3 is 2.58 bits per heavy atom. The molecule has 1 aliphatic rings. The van der Waals surface area contributed by atoms with Crippen LogP contribution in [0.25, 0.3) is 0 Å². The van der Waals surface area contributed by atoms with Crippen LogP contribution in [0.5, 0.6) is 5.75 Å². The van der Waals surface area contributed by atoms with Crippen molar-refractivity contribution in [3.63, 3.8) is 0 Å². The van der Waals surface area contributed by atoms with Gasteiger partial charge in [-0.25, -0.2) is 4.79 Å². The fourth-order valence-corrected chi connectivity index (χ4v) is 2.67. The number of rotatable bonds is 4. The lowest BCUT2D eigenvalue weighted by molar-refractivity contribution is 0.105. The molecule has 1 aliphatic heterocycles. The summed E-state index contributed by atoms with van der Waals surface area (Å²) < 4.78 is 11.3. The lowest BCUT2D eigenvalue weighted by Crippen LogP contribution is -2.26. The van der Waals surface area contributed by atoms with E-state index >= 15 is 0 Å². The van der Waals surface area contributed by atoms with Crippen molar-refractivity contribution in [2.45, 2.75) is 32.3 Å². The third-order valence-corrected chi connectivity index (χ3v) is 4.08. The quantitative estimate of drug-likeness (QED) is 0.837. The molecule has 0 radical (unpaired) electrons. The summed E-state index contributed by atoms with van der Waals surface area (Å²) in [4.78, 5) is 13.7. The SMILES string of the molecule is CC(C)(C)c1cccc(OCC2CN(c3ccccc3)C(=O)O2)c1. The van der Waals surface area contributed by atoms with Crippen molar-refractivity contribution in [3.05, 3.63) is 60.2 Å². The molecule has 2 aromatic rings. The number of para-hydroxylation sites is 1. The van der Waals surface area contributed by atoms with E-state index < -0.39 is 0 Å². The van der Waals surface area contributed by atoms with Gasteiger partial charge in [-0.15, -0.1) is 0 Å². The molecule has 1 fully saturated rings. The molecule has 4 nitrogen and oxygen atoms in total. The van der Waals surface area contributed by atoms with Gasteiger partial charge in [-0.05, 0) is 35.2 Å². The Hall–Kier alpha value is -2.49. The van der Waals surface area contributed by atoms with Gasteiger partial charge in [-0.3, -0.25) is 4.90 Å². The molecule has 4 heteroatoms. The molecule has 2 aromatic carbocycles. The summed E-state index contributed by atoms with van der Waals surface area (Å²) in [7, 11) is 0. The Kier molecular flexibility index (Phi) is 4.47. The maximum Gasteiger partial charge on any atom is 0.414 e. The Labute approximate surface area is 143 Å². The third kappa shape index (κ3) is 3.70. The van der Waals surface area contributed by atoms with Crippen molar-refractivity contribution in [1.82, 2.24) is 0 Å². The van der Waals surface area contributed by atoms with Crippen molar-refractivity contribution in [1.29, 1.82) is 0 Å². The van der Waals surface area contributed by atoms with E-state index in [9.17, 15) is 4.79 Å². The van der Waals surface area contributed by atoms with Crippen LogP contribution in [-0.2, 0) is 10.2 Å². The zero-order chi connectivity index (χ0) is 17.2. The molecule has 126 valence electrons. The monoisotopic (exact) mass is 325 g/mol. The zero-order valence-corrected chi connectivity index (χ0v) is 14.4. The number of anilines is 1. The van der Waals surface area contributed by atoms with Gasteiger partial charge < -0.3 is 9.47 Å². The highest BCUT2D eigenvalue weighted by Gasteiger charge is 2.32. The van der Waals surface area contributed by atoms with Gasteiger partial charge in [0, 0.05) is 5.69 Å². The number of benzene rings is 2. The number of hydrogen-bond acceptors (Lipinski definition) is 3. The topological polar surface area (TPSA) is 38.8 Å². The van der Waals surface area contributed by atoms with Gasteiger partial charge in [0.2, 0.25) is 0 Å². The van der Waals surface area contributed by atoms with E-state index in [0.29, 0.717) is 13.2 Å². The van der Waals surface area contributed by atoms with Crippen LogP contribution < -0.4 is 9.64 Å². The Balaban J connectivity index is 1.61. The van der Waals surface area contributed by atoms with E-state index in [1.165, 1.54) is 5.56 Å². The Bertz CT molecular complexity index is 706. The smallest absolute Gasteiger partial charge is 0.414 e. The van der Waals surface area contributed by atoms with E-state index in [1.54, 1.807) is 4.90 Å². The maximum absolute atomic E-state index is 12.0. The van der Waals surface area contributed by atoms with E-state index in [4.69, 9.17) is 9.47 Å². The normalized spacial score (nSPS) is 17.7. The van der Waals surface area contributed by atoms with Gasteiger partial charge in [-0.1, -0.05) is 51.1 Å². The summed E-state index contributed by atoms with van der Waals surface area (Å²) in [6.07, 6.45) is -0.589. The molecule has 0 N–H and O–H groups in total. The summed E-state index contributed by atoms with van der Waals surface area (Å²) in [5.41, 5.74) is 2.14. The number of cyclic esters (lactones) is 1. The van der Waals surface area contributed by atoms with Gasteiger partial charge in [0.1, 0.15) is 12.4 Å². The molecule has 0 bridgehead atoms. The number of amides is 1. The van der Waals surface area contributed by atoms with Gasteiger partial charge in [0.15, 0.2) is 6.10 Å². The van der Waals surface area contributed by atoms with Crippen LogP contribution in [0.4, 0.5) is 10.5 Å². The number of carbonyl (C=O) groups is 1. The third-order valence-electron chi connectivity index (χ3n) is 4.08. The average molecular weight is 325 g/mol. The summed E-state index contributed by atoms with van der Waals surface area (Å²) >= 11 is 0. The van der Waals surface area contributed by atoms with Crippen LogP contribution in [0.2, 0.25) is 0 Å². The minimum absolute atomic E-state index is 0.0727. The van der Waals surface area contributed by atoms with E-state index in [1.807, 2.05) is 48.5 Å². The van der Waals surface area contributed by atoms with Crippen molar-refractivity contribution in [2.75, 3.05) is 18.1 Å². The minimum Gasteiger partial charge on any atom is -0.490 e. The summed E-state index contributed by atoms with van der Waals surface area (Å²) in [5, 5.41) is 0. The van der Waals surface area contributed by atoms with E-state index in [2.05, 4.69) is 26.8 Å². The van der Waals surface area contributed by atoms with Gasteiger partial charge >= 0.3 is 6.09 Å². The first kappa shape index (κ1) is 16.4. The van der Waals surface area contributed by atoms with Crippen LogP contribution in [0.15, 0.2) is 54.6 Å². The first-order valence-electron chi connectivity index (χ1n) is 8.20. The fraction of sp³-hybridized carbons (Fsp3) is 0.350. The van der Waals surface area contributed by atoms with Crippen molar-refractivity contribution in [2.24, 2.45) is 0 Å². The zero-order valence-electron chi connectivity index (χ0n) is 14.4. The van der Waals surface area contributed by atoms with E-state index in [0.717, 1.165) is 11.4 Å². The predicted octanol–water partition coefficient (Wildman–Crippen LogP) is 4.39. The summed E-state index contributed by atoms with van der Waals surface area (Å²) in [6, 6.07) is 17.6. The lowest BCUT2D eigenvalue weighted by Gasteiger charge is -2.20. The summed E-state index contributed by atoms with van der Waals surface area (Å²) in [6.45, 7) is 7.36. The molecule has 3 rings (SSSR count). The standard InChI is InChI=1S/C20H23NO3/c1-20(2,3)15-8-7-11-17(12-15)23-14-18-13-21(19(22)24-18)16-9-5-4-6-10-16/h4-12,18H,13-14H2,1-3H3. The van der Waals surface area contributed by atoms with E-state index in [-0.39, 0.29) is 17.6 Å². The first-order chi connectivity index (χ1) is 11.4. The lowest BCUT2D eigenvalue weighted by atomic mass is 9.87. The molecule has 0 aliphatic carbocycles. The van der Waals surface area contributed by atoms with Crippen LogP contribution in [0.1, 0.15) is 26.3 Å². The maximum atomic E-state index is 12.0. The van der Waals surface area contributed by atoms with Gasteiger partial charge in [0.05, 0.1) is 6.54 Å².